The Kier molecular flexibility index (Phi) is 4.04. The van der Waals surface area contributed by atoms with Gasteiger partial charge in [0.2, 0.25) is 0 Å². The van der Waals surface area contributed by atoms with Crippen molar-refractivity contribution in [2.45, 2.75) is 6.10 Å². The van der Waals surface area contributed by atoms with E-state index < -0.39 is 5.82 Å². The first-order valence-electron chi connectivity index (χ1n) is 5.47. The van der Waals surface area contributed by atoms with E-state index in [1.807, 2.05) is 0 Å². The van der Waals surface area contributed by atoms with Crippen LogP contribution in [0.5, 0.6) is 0 Å². The zero-order valence-electron chi connectivity index (χ0n) is 9.30. The van der Waals surface area contributed by atoms with Crippen molar-refractivity contribution in [3.05, 3.63) is 23.0 Å². The van der Waals surface area contributed by atoms with Crippen LogP contribution in [0.25, 0.3) is 0 Å². The first-order chi connectivity index (χ1) is 8.16. The van der Waals surface area contributed by atoms with Gasteiger partial charge in [-0.3, -0.25) is 0 Å². The normalized spacial score (nSPS) is 20.2. The number of nitrogens with two attached hydrogens (primary N) is 1. The van der Waals surface area contributed by atoms with E-state index in [0.29, 0.717) is 23.9 Å². The SMILES string of the molecule is Nc1cc(Cl)cc(F)c1NCC1CNCCO1. The third-order valence-corrected chi connectivity index (χ3v) is 2.81. The van der Waals surface area contributed by atoms with Crippen LogP contribution in [0.2, 0.25) is 5.02 Å². The minimum absolute atomic E-state index is 0.0261. The fourth-order valence-electron chi connectivity index (χ4n) is 1.75. The maximum absolute atomic E-state index is 13.6. The van der Waals surface area contributed by atoms with Crippen molar-refractivity contribution in [2.75, 3.05) is 37.3 Å². The van der Waals surface area contributed by atoms with E-state index in [-0.39, 0.29) is 11.8 Å². The number of ether oxygens (including phenoxy) is 1. The molecule has 1 aliphatic heterocycles. The van der Waals surface area contributed by atoms with Crippen molar-refractivity contribution in [2.24, 2.45) is 0 Å². The molecule has 1 saturated heterocycles. The highest BCUT2D eigenvalue weighted by Crippen LogP contribution is 2.26. The largest absolute Gasteiger partial charge is 0.397 e. The molecule has 1 heterocycles. The number of hydrogen-bond donors (Lipinski definition) is 3. The maximum Gasteiger partial charge on any atom is 0.149 e. The second kappa shape index (κ2) is 5.53. The van der Waals surface area contributed by atoms with Crippen LogP contribution in [0.15, 0.2) is 12.1 Å². The molecule has 0 aliphatic carbocycles. The Labute approximate surface area is 104 Å². The molecule has 0 bridgehead atoms. The highest BCUT2D eigenvalue weighted by Gasteiger charge is 2.15. The van der Waals surface area contributed by atoms with Crippen LogP contribution in [-0.2, 0) is 4.74 Å². The molecule has 0 aromatic heterocycles. The molecule has 4 nitrogen and oxygen atoms in total. The number of nitrogens with one attached hydrogen (secondary N) is 2. The Balaban J connectivity index is 1.98. The number of rotatable bonds is 3. The van der Waals surface area contributed by atoms with Gasteiger partial charge in [-0.2, -0.15) is 0 Å². The average Bonchev–Trinajstić information content (AvgIpc) is 2.29. The summed E-state index contributed by atoms with van der Waals surface area (Å²) in [7, 11) is 0. The smallest absolute Gasteiger partial charge is 0.149 e. The van der Waals surface area contributed by atoms with Crippen LogP contribution >= 0.6 is 11.6 Å². The van der Waals surface area contributed by atoms with Gasteiger partial charge in [0.15, 0.2) is 0 Å². The van der Waals surface area contributed by atoms with E-state index in [1.165, 1.54) is 12.1 Å². The Morgan fingerprint density at radius 3 is 3.06 bits per heavy atom. The van der Waals surface area contributed by atoms with Crippen LogP contribution in [0, 0.1) is 5.82 Å². The van der Waals surface area contributed by atoms with Gasteiger partial charge in [-0.05, 0) is 12.1 Å². The van der Waals surface area contributed by atoms with Gasteiger partial charge in [0.25, 0.3) is 0 Å². The number of nitrogen functional groups attached to an aromatic ring is 1. The van der Waals surface area contributed by atoms with E-state index >= 15 is 0 Å². The molecule has 1 aromatic rings. The summed E-state index contributed by atoms with van der Waals surface area (Å²) in [4.78, 5) is 0. The molecule has 0 saturated carbocycles. The second-order valence-corrected chi connectivity index (χ2v) is 4.37. The fourth-order valence-corrected chi connectivity index (χ4v) is 1.96. The third-order valence-electron chi connectivity index (χ3n) is 2.60. The summed E-state index contributed by atoms with van der Waals surface area (Å²) in [5.74, 6) is -0.446. The molecule has 94 valence electrons. The molecule has 0 spiro atoms. The summed E-state index contributed by atoms with van der Waals surface area (Å²) in [6.45, 7) is 2.79. The van der Waals surface area contributed by atoms with Crippen LogP contribution in [-0.4, -0.2) is 32.3 Å². The second-order valence-electron chi connectivity index (χ2n) is 3.93. The molecule has 4 N–H and O–H groups in total. The van der Waals surface area contributed by atoms with Crippen molar-refractivity contribution in [1.29, 1.82) is 0 Å². The topological polar surface area (TPSA) is 59.3 Å². The van der Waals surface area contributed by atoms with Crippen molar-refractivity contribution in [3.8, 4) is 0 Å². The maximum atomic E-state index is 13.6. The first-order valence-corrected chi connectivity index (χ1v) is 5.85. The molecule has 1 unspecified atom stereocenters. The third kappa shape index (κ3) is 3.21. The van der Waals surface area contributed by atoms with Crippen LogP contribution < -0.4 is 16.4 Å². The number of benzene rings is 1. The van der Waals surface area contributed by atoms with Crippen molar-refractivity contribution < 1.29 is 9.13 Å². The van der Waals surface area contributed by atoms with Crippen molar-refractivity contribution in [3.63, 3.8) is 0 Å². The first kappa shape index (κ1) is 12.4. The molecule has 0 amide bonds. The fraction of sp³-hybridized carbons (Fsp3) is 0.455. The molecule has 0 radical (unpaired) electrons. The predicted octanol–water partition coefficient (Wildman–Crippen LogP) is 1.46. The van der Waals surface area contributed by atoms with Gasteiger partial charge in [0, 0.05) is 24.7 Å². The molecular formula is C11H15ClFN3O. The Bertz CT molecular complexity index is 373. The summed E-state index contributed by atoms with van der Waals surface area (Å²) in [5, 5.41) is 6.45. The van der Waals surface area contributed by atoms with E-state index in [9.17, 15) is 4.39 Å². The molecule has 1 aromatic carbocycles. The summed E-state index contributed by atoms with van der Waals surface area (Å²) >= 11 is 5.69. The molecule has 2 rings (SSSR count). The van der Waals surface area contributed by atoms with Crippen molar-refractivity contribution >= 4 is 23.0 Å². The highest BCUT2D eigenvalue weighted by molar-refractivity contribution is 6.31. The minimum atomic E-state index is -0.446. The monoisotopic (exact) mass is 259 g/mol. The summed E-state index contributed by atoms with van der Waals surface area (Å²) in [6, 6.07) is 2.76. The highest BCUT2D eigenvalue weighted by atomic mass is 35.5. The predicted molar refractivity (Wildman–Crippen MR) is 66.9 cm³/mol. The number of hydrogen-bond acceptors (Lipinski definition) is 4. The molecule has 1 atom stereocenters. The average molecular weight is 260 g/mol. The lowest BCUT2D eigenvalue weighted by atomic mass is 10.2. The van der Waals surface area contributed by atoms with Gasteiger partial charge < -0.3 is 21.1 Å². The summed E-state index contributed by atoms with van der Waals surface area (Å²) in [5.41, 5.74) is 6.28. The quantitative estimate of drug-likeness (QED) is 0.720. The van der Waals surface area contributed by atoms with Gasteiger partial charge in [-0.25, -0.2) is 4.39 Å². The lowest BCUT2D eigenvalue weighted by molar-refractivity contribution is 0.0372. The van der Waals surface area contributed by atoms with E-state index in [0.717, 1.165) is 13.1 Å². The van der Waals surface area contributed by atoms with E-state index in [4.69, 9.17) is 22.1 Å². The Morgan fingerprint density at radius 1 is 1.59 bits per heavy atom. The zero-order chi connectivity index (χ0) is 12.3. The van der Waals surface area contributed by atoms with Crippen LogP contribution in [0.4, 0.5) is 15.8 Å². The van der Waals surface area contributed by atoms with E-state index in [1.54, 1.807) is 0 Å². The van der Waals surface area contributed by atoms with Crippen LogP contribution in [0.3, 0.4) is 0 Å². The van der Waals surface area contributed by atoms with Gasteiger partial charge in [0.1, 0.15) is 5.82 Å². The minimum Gasteiger partial charge on any atom is -0.397 e. The summed E-state index contributed by atoms with van der Waals surface area (Å²) in [6.07, 6.45) is 0.0261. The Hall–Kier alpha value is -1.04. The molecule has 1 fully saturated rings. The standard InChI is InChI=1S/C11H15ClFN3O/c12-7-3-9(13)11(10(14)4-7)16-6-8-5-15-1-2-17-8/h3-4,8,15-16H,1-2,5-6,14H2. The zero-order valence-corrected chi connectivity index (χ0v) is 10.1. The lowest BCUT2D eigenvalue weighted by Gasteiger charge is -2.24. The van der Waals surface area contributed by atoms with Gasteiger partial charge in [0.05, 0.1) is 24.1 Å². The van der Waals surface area contributed by atoms with Gasteiger partial charge in [-0.15, -0.1) is 0 Å². The Morgan fingerprint density at radius 2 is 2.41 bits per heavy atom. The molecular weight excluding hydrogens is 245 g/mol. The number of morpholine rings is 1. The van der Waals surface area contributed by atoms with E-state index in [2.05, 4.69) is 10.6 Å². The van der Waals surface area contributed by atoms with Crippen molar-refractivity contribution in [1.82, 2.24) is 5.32 Å². The number of anilines is 2. The molecule has 6 heteroatoms. The molecule has 1 aliphatic rings. The lowest BCUT2D eigenvalue weighted by Crippen LogP contribution is -2.42. The summed E-state index contributed by atoms with van der Waals surface area (Å²) < 4.78 is 19.1. The van der Waals surface area contributed by atoms with Gasteiger partial charge >= 0.3 is 0 Å². The molecule has 17 heavy (non-hydrogen) atoms. The van der Waals surface area contributed by atoms with Crippen LogP contribution in [0.1, 0.15) is 0 Å². The van der Waals surface area contributed by atoms with Gasteiger partial charge in [-0.1, -0.05) is 11.6 Å². The number of halogens is 2.